The zero-order chi connectivity index (χ0) is 18.4. The second kappa shape index (κ2) is 6.55. The van der Waals surface area contributed by atoms with Crippen LogP contribution in [0.2, 0.25) is 0 Å². The molecule has 7 heteroatoms. The van der Waals surface area contributed by atoms with Crippen LogP contribution >= 0.6 is 8.58 Å². The average Bonchev–Trinajstić information content (AvgIpc) is 3.07. The van der Waals surface area contributed by atoms with Gasteiger partial charge in [0, 0.05) is 32.0 Å². The fourth-order valence-electron chi connectivity index (χ4n) is 3.57. The highest BCUT2D eigenvalue weighted by molar-refractivity contribution is 7.52. The van der Waals surface area contributed by atoms with Crippen molar-refractivity contribution in [3.63, 3.8) is 0 Å². The van der Waals surface area contributed by atoms with Gasteiger partial charge in [-0.25, -0.2) is 4.98 Å². The number of hydrogen-bond donors (Lipinski definition) is 1. The standard InChI is InChI=1S/C20H19N4O2P/c1-12-23-15-3-2-14(8-17(15)26-12)18-9-19(25)24-11-16(22-10-20(24)27-18)13-4-6-21-7-5-13/h2-4,8-11,20-21,27H,5-7H2,1H3. The SMILES string of the molecule is Cc1nc2ccc(C3=CC(=O)N4C=C(C5=CCNCC5)N=CC4P3)cc2o1. The molecule has 0 saturated heterocycles. The first-order chi connectivity index (χ1) is 13.2. The number of hydrogen-bond acceptors (Lipinski definition) is 5. The van der Waals surface area contributed by atoms with Crippen LogP contribution in [-0.2, 0) is 4.79 Å². The zero-order valence-corrected chi connectivity index (χ0v) is 15.9. The molecule has 2 unspecified atom stereocenters. The summed E-state index contributed by atoms with van der Waals surface area (Å²) in [4.78, 5) is 23.6. The van der Waals surface area contributed by atoms with Crippen LogP contribution in [0.3, 0.4) is 0 Å². The third kappa shape index (κ3) is 3.05. The fourth-order valence-corrected chi connectivity index (χ4v) is 4.91. The van der Waals surface area contributed by atoms with E-state index in [4.69, 9.17) is 4.42 Å². The smallest absolute Gasteiger partial charge is 0.252 e. The summed E-state index contributed by atoms with van der Waals surface area (Å²) in [7, 11) is 0.441. The number of oxazole rings is 1. The Morgan fingerprint density at radius 2 is 2.30 bits per heavy atom. The molecule has 5 rings (SSSR count). The molecule has 3 aliphatic rings. The van der Waals surface area contributed by atoms with Crippen molar-refractivity contribution in [2.45, 2.75) is 19.1 Å². The van der Waals surface area contributed by atoms with Crippen molar-refractivity contribution in [3.8, 4) is 0 Å². The van der Waals surface area contributed by atoms with E-state index in [0.29, 0.717) is 14.5 Å². The molecule has 1 aromatic heterocycles. The molecule has 6 nitrogen and oxygen atoms in total. The van der Waals surface area contributed by atoms with Crippen molar-refractivity contribution in [2.75, 3.05) is 13.1 Å². The number of allylic oxidation sites excluding steroid dienone is 1. The van der Waals surface area contributed by atoms with Crippen LogP contribution in [0.4, 0.5) is 0 Å². The molecule has 1 aromatic carbocycles. The molecule has 0 spiro atoms. The summed E-state index contributed by atoms with van der Waals surface area (Å²) in [5.41, 5.74) is 4.71. The highest BCUT2D eigenvalue weighted by atomic mass is 31.1. The van der Waals surface area contributed by atoms with Gasteiger partial charge in [0.15, 0.2) is 11.5 Å². The molecule has 0 saturated carbocycles. The topological polar surface area (TPSA) is 70.7 Å². The number of amides is 1. The van der Waals surface area contributed by atoms with Gasteiger partial charge in [0.05, 0.1) is 11.5 Å². The fraction of sp³-hybridized carbons (Fsp3) is 0.250. The maximum atomic E-state index is 12.8. The monoisotopic (exact) mass is 378 g/mol. The lowest BCUT2D eigenvalue weighted by atomic mass is 10.1. The highest BCUT2D eigenvalue weighted by Crippen LogP contribution is 2.44. The number of carbonyl (C=O) groups excluding carboxylic acids is 1. The van der Waals surface area contributed by atoms with Crippen LogP contribution in [0.25, 0.3) is 16.4 Å². The molecule has 4 heterocycles. The van der Waals surface area contributed by atoms with E-state index in [1.165, 1.54) is 5.57 Å². The number of aryl methyl sites for hydroxylation is 1. The Hall–Kier alpha value is -2.56. The van der Waals surface area contributed by atoms with Gasteiger partial charge in [-0.2, -0.15) is 0 Å². The van der Waals surface area contributed by atoms with E-state index in [1.807, 2.05) is 42.4 Å². The molecular weight excluding hydrogens is 359 g/mol. The van der Waals surface area contributed by atoms with Crippen molar-refractivity contribution in [1.82, 2.24) is 15.2 Å². The first-order valence-corrected chi connectivity index (χ1v) is 10.1. The van der Waals surface area contributed by atoms with Crippen molar-refractivity contribution in [1.29, 1.82) is 0 Å². The minimum absolute atomic E-state index is 0.000724. The van der Waals surface area contributed by atoms with Crippen LogP contribution in [0.5, 0.6) is 0 Å². The minimum Gasteiger partial charge on any atom is -0.441 e. The summed E-state index contributed by atoms with van der Waals surface area (Å²) in [5, 5.41) is 4.33. The van der Waals surface area contributed by atoms with Gasteiger partial charge in [-0.1, -0.05) is 20.7 Å². The summed E-state index contributed by atoms with van der Waals surface area (Å²) in [6.45, 7) is 3.64. The largest absolute Gasteiger partial charge is 0.441 e. The number of nitrogens with zero attached hydrogens (tertiary/aromatic N) is 3. The van der Waals surface area contributed by atoms with E-state index in [9.17, 15) is 4.79 Å². The van der Waals surface area contributed by atoms with Crippen molar-refractivity contribution >= 4 is 37.1 Å². The number of benzene rings is 1. The second-order valence-electron chi connectivity index (χ2n) is 6.78. The second-order valence-corrected chi connectivity index (χ2v) is 8.20. The van der Waals surface area contributed by atoms with Crippen molar-refractivity contribution in [2.24, 2.45) is 4.99 Å². The molecule has 1 amide bonds. The van der Waals surface area contributed by atoms with E-state index < -0.39 is 0 Å². The third-order valence-electron chi connectivity index (χ3n) is 4.94. The van der Waals surface area contributed by atoms with E-state index in [1.54, 1.807) is 6.08 Å². The Bertz CT molecular complexity index is 1060. The van der Waals surface area contributed by atoms with E-state index in [2.05, 4.69) is 21.4 Å². The maximum Gasteiger partial charge on any atom is 0.252 e. The van der Waals surface area contributed by atoms with Crippen LogP contribution in [0.1, 0.15) is 17.9 Å². The Balaban J connectivity index is 1.45. The summed E-state index contributed by atoms with van der Waals surface area (Å²) in [6.07, 6.45) is 8.66. The lowest BCUT2D eigenvalue weighted by molar-refractivity contribution is -0.123. The Morgan fingerprint density at radius 1 is 1.37 bits per heavy atom. The van der Waals surface area contributed by atoms with Gasteiger partial charge in [0.2, 0.25) is 0 Å². The van der Waals surface area contributed by atoms with Crippen molar-refractivity contribution in [3.05, 3.63) is 59.3 Å². The molecular formula is C20H19N4O2P. The Labute approximate surface area is 158 Å². The first kappa shape index (κ1) is 16.6. The average molecular weight is 378 g/mol. The number of carbonyl (C=O) groups is 1. The van der Waals surface area contributed by atoms with Gasteiger partial charge < -0.3 is 14.6 Å². The van der Waals surface area contributed by atoms with Crippen LogP contribution < -0.4 is 5.32 Å². The molecule has 1 N–H and O–H groups in total. The number of fused-ring (bicyclic) bond motifs is 2. The maximum absolute atomic E-state index is 12.8. The van der Waals surface area contributed by atoms with Gasteiger partial charge in [-0.05, 0) is 41.5 Å². The molecule has 136 valence electrons. The Kier molecular flexibility index (Phi) is 4.03. The molecule has 2 aromatic rings. The molecule has 3 aliphatic heterocycles. The van der Waals surface area contributed by atoms with Gasteiger partial charge in [0.1, 0.15) is 5.52 Å². The highest BCUT2D eigenvalue weighted by Gasteiger charge is 2.30. The van der Waals surface area contributed by atoms with Crippen LogP contribution in [-0.4, -0.2) is 40.9 Å². The van der Waals surface area contributed by atoms with E-state index in [-0.39, 0.29) is 11.7 Å². The Morgan fingerprint density at radius 3 is 3.15 bits per heavy atom. The lowest BCUT2D eigenvalue weighted by Crippen LogP contribution is -2.38. The predicted molar refractivity (Wildman–Crippen MR) is 108 cm³/mol. The van der Waals surface area contributed by atoms with Gasteiger partial charge in [-0.3, -0.25) is 9.79 Å². The number of nitrogens with one attached hydrogen (secondary N) is 1. The zero-order valence-electron chi connectivity index (χ0n) is 14.9. The van der Waals surface area contributed by atoms with Gasteiger partial charge in [0.25, 0.3) is 5.91 Å². The first-order valence-electron chi connectivity index (χ1n) is 9.02. The summed E-state index contributed by atoms with van der Waals surface area (Å²) < 4.78 is 5.64. The van der Waals surface area contributed by atoms with Crippen LogP contribution in [0, 0.1) is 6.92 Å². The number of aliphatic imine (C=N–C) groups is 1. The van der Waals surface area contributed by atoms with Crippen LogP contribution in [0.15, 0.2) is 57.2 Å². The number of aromatic nitrogens is 1. The molecule has 0 aliphatic carbocycles. The summed E-state index contributed by atoms with van der Waals surface area (Å²) in [5.74, 6) is 0.630. The van der Waals surface area contributed by atoms with E-state index >= 15 is 0 Å². The third-order valence-corrected chi connectivity index (χ3v) is 6.41. The molecule has 0 fully saturated rings. The summed E-state index contributed by atoms with van der Waals surface area (Å²) >= 11 is 0. The molecule has 27 heavy (non-hydrogen) atoms. The molecule has 2 atom stereocenters. The van der Waals surface area contributed by atoms with Crippen molar-refractivity contribution < 1.29 is 9.21 Å². The quantitative estimate of drug-likeness (QED) is 0.815. The molecule has 0 radical (unpaired) electrons. The predicted octanol–water partition coefficient (Wildman–Crippen LogP) is 3.17. The molecule has 0 bridgehead atoms. The van der Waals surface area contributed by atoms with E-state index in [0.717, 1.165) is 47.2 Å². The minimum atomic E-state index is -0.0178. The number of rotatable bonds is 2. The normalized spacial score (nSPS) is 23.3. The lowest BCUT2D eigenvalue weighted by Gasteiger charge is -2.33. The van der Waals surface area contributed by atoms with Gasteiger partial charge >= 0.3 is 0 Å². The summed E-state index contributed by atoms with van der Waals surface area (Å²) in [6, 6.07) is 5.92. The van der Waals surface area contributed by atoms with Gasteiger partial charge in [-0.15, -0.1) is 0 Å².